The molecule has 8 heteroatoms. The quantitative estimate of drug-likeness (QED) is 0.860. The van der Waals surface area contributed by atoms with Crippen molar-refractivity contribution in [3.05, 3.63) is 0 Å². The van der Waals surface area contributed by atoms with E-state index in [1.165, 1.54) is 9.80 Å². The van der Waals surface area contributed by atoms with Gasteiger partial charge in [0.1, 0.15) is 6.04 Å². The zero-order valence-corrected chi connectivity index (χ0v) is 11.9. The molecule has 1 atom stereocenters. The van der Waals surface area contributed by atoms with Crippen molar-refractivity contribution in [1.82, 2.24) is 15.1 Å². The number of carbonyl (C=O) groups excluding carboxylic acids is 2. The van der Waals surface area contributed by atoms with Crippen LogP contribution in [0, 0.1) is 0 Å². The first kappa shape index (κ1) is 15.9. The summed E-state index contributed by atoms with van der Waals surface area (Å²) >= 11 is 0. The molecule has 21 heavy (non-hydrogen) atoms. The van der Waals surface area contributed by atoms with Gasteiger partial charge in [-0.2, -0.15) is 13.2 Å². The second kappa shape index (κ2) is 6.11. The predicted octanol–water partition coefficient (Wildman–Crippen LogP) is 1.73. The molecule has 2 aliphatic rings. The smallest absolute Gasteiger partial charge is 0.344 e. The first-order valence-electron chi connectivity index (χ1n) is 7.17. The summed E-state index contributed by atoms with van der Waals surface area (Å²) in [5.41, 5.74) is 0. The summed E-state index contributed by atoms with van der Waals surface area (Å²) in [5.74, 6) is -0.187. The molecule has 0 spiro atoms. The van der Waals surface area contributed by atoms with Gasteiger partial charge < -0.3 is 15.1 Å². The monoisotopic (exact) mass is 307 g/mol. The fraction of sp³-hybridized carbons (Fsp3) is 0.846. The summed E-state index contributed by atoms with van der Waals surface area (Å²) in [4.78, 5) is 26.7. The standard InChI is InChI=1S/C13H20F3N3O2/c1-18-7-5-10(11(18)20)17-12(21)19(9-3-2-4-9)8-6-13(14,15)16/h9-10H,2-8H2,1H3,(H,17,21). The number of likely N-dealkylation sites (tertiary alicyclic amines) is 1. The second-order valence-electron chi connectivity index (χ2n) is 5.69. The normalized spacial score (nSPS) is 23.1. The van der Waals surface area contributed by atoms with E-state index in [0.717, 1.165) is 19.3 Å². The Kier molecular flexibility index (Phi) is 4.63. The third-order valence-electron chi connectivity index (χ3n) is 4.14. The Morgan fingerprint density at radius 1 is 1.38 bits per heavy atom. The fourth-order valence-electron chi connectivity index (χ4n) is 2.58. The van der Waals surface area contributed by atoms with Gasteiger partial charge >= 0.3 is 12.2 Å². The topological polar surface area (TPSA) is 52.7 Å². The number of likely N-dealkylation sites (N-methyl/N-ethyl adjacent to an activating group) is 1. The van der Waals surface area contributed by atoms with E-state index in [9.17, 15) is 22.8 Å². The van der Waals surface area contributed by atoms with E-state index in [1.54, 1.807) is 7.05 Å². The van der Waals surface area contributed by atoms with Crippen LogP contribution in [-0.4, -0.2) is 60.1 Å². The van der Waals surface area contributed by atoms with Gasteiger partial charge in [0, 0.05) is 26.2 Å². The van der Waals surface area contributed by atoms with Gasteiger partial charge in [-0.3, -0.25) is 4.79 Å². The highest BCUT2D eigenvalue weighted by Gasteiger charge is 2.36. The average Bonchev–Trinajstić information content (AvgIpc) is 2.62. The van der Waals surface area contributed by atoms with E-state index in [1.807, 2.05) is 0 Å². The lowest BCUT2D eigenvalue weighted by Crippen LogP contribution is -2.53. The molecule has 120 valence electrons. The van der Waals surface area contributed by atoms with Crippen LogP contribution >= 0.6 is 0 Å². The Labute approximate surface area is 121 Å². The number of rotatable bonds is 4. The molecular weight excluding hydrogens is 287 g/mol. The fourth-order valence-corrected chi connectivity index (χ4v) is 2.58. The molecule has 3 amide bonds. The van der Waals surface area contributed by atoms with Crippen molar-refractivity contribution in [1.29, 1.82) is 0 Å². The third-order valence-corrected chi connectivity index (χ3v) is 4.14. The number of halogens is 3. The Hall–Kier alpha value is -1.47. The lowest BCUT2D eigenvalue weighted by atomic mass is 9.91. The second-order valence-corrected chi connectivity index (χ2v) is 5.69. The average molecular weight is 307 g/mol. The van der Waals surface area contributed by atoms with Gasteiger partial charge in [0.15, 0.2) is 0 Å². The van der Waals surface area contributed by atoms with E-state index in [0.29, 0.717) is 13.0 Å². The highest BCUT2D eigenvalue weighted by molar-refractivity contribution is 5.88. The molecule has 1 heterocycles. The number of carbonyl (C=O) groups is 2. The molecule has 1 aliphatic heterocycles. The maximum Gasteiger partial charge on any atom is 0.390 e. The number of nitrogens with one attached hydrogen (secondary N) is 1. The molecule has 0 aromatic rings. The first-order valence-corrected chi connectivity index (χ1v) is 7.17. The molecule has 1 aliphatic carbocycles. The molecule has 0 bridgehead atoms. The number of nitrogens with zero attached hydrogens (tertiary/aromatic N) is 2. The Morgan fingerprint density at radius 2 is 2.05 bits per heavy atom. The number of hydrogen-bond acceptors (Lipinski definition) is 2. The lowest BCUT2D eigenvalue weighted by molar-refractivity contribution is -0.138. The molecule has 1 unspecified atom stereocenters. The zero-order chi connectivity index (χ0) is 15.6. The summed E-state index contributed by atoms with van der Waals surface area (Å²) in [6, 6.07) is -1.31. The van der Waals surface area contributed by atoms with Crippen LogP contribution < -0.4 is 5.32 Å². The van der Waals surface area contributed by atoms with Crippen LogP contribution in [0.4, 0.5) is 18.0 Å². The highest BCUT2D eigenvalue weighted by atomic mass is 19.4. The molecule has 1 N–H and O–H groups in total. The van der Waals surface area contributed by atoms with Gasteiger partial charge in [-0.05, 0) is 25.7 Å². The van der Waals surface area contributed by atoms with Gasteiger partial charge in [-0.1, -0.05) is 0 Å². The third kappa shape index (κ3) is 4.01. The van der Waals surface area contributed by atoms with Crippen LogP contribution in [0.2, 0.25) is 0 Å². The molecule has 0 radical (unpaired) electrons. The minimum Gasteiger partial charge on any atom is -0.344 e. The van der Waals surface area contributed by atoms with Crippen LogP contribution in [0.15, 0.2) is 0 Å². The van der Waals surface area contributed by atoms with Gasteiger partial charge in [-0.15, -0.1) is 0 Å². The van der Waals surface area contributed by atoms with Crippen molar-refractivity contribution in [2.24, 2.45) is 0 Å². The Morgan fingerprint density at radius 3 is 2.48 bits per heavy atom. The van der Waals surface area contributed by atoms with Crippen LogP contribution in [-0.2, 0) is 4.79 Å². The van der Waals surface area contributed by atoms with E-state index in [-0.39, 0.29) is 18.5 Å². The molecule has 2 fully saturated rings. The zero-order valence-electron chi connectivity index (χ0n) is 11.9. The summed E-state index contributed by atoms with van der Waals surface area (Å²) in [5, 5.41) is 2.57. The van der Waals surface area contributed by atoms with Gasteiger partial charge in [0.25, 0.3) is 0 Å². The molecule has 0 aromatic carbocycles. The number of hydrogen-bond donors (Lipinski definition) is 1. The van der Waals surface area contributed by atoms with Crippen LogP contribution in [0.5, 0.6) is 0 Å². The number of amides is 3. The lowest BCUT2D eigenvalue weighted by Gasteiger charge is -2.38. The largest absolute Gasteiger partial charge is 0.390 e. The van der Waals surface area contributed by atoms with E-state index in [4.69, 9.17) is 0 Å². The minimum absolute atomic E-state index is 0.137. The van der Waals surface area contributed by atoms with Crippen molar-refractivity contribution < 1.29 is 22.8 Å². The molecule has 5 nitrogen and oxygen atoms in total. The van der Waals surface area contributed by atoms with Crippen molar-refractivity contribution in [3.8, 4) is 0 Å². The summed E-state index contributed by atoms with van der Waals surface area (Å²) in [7, 11) is 1.64. The number of alkyl halides is 3. The van der Waals surface area contributed by atoms with E-state index in [2.05, 4.69) is 5.32 Å². The van der Waals surface area contributed by atoms with Crippen molar-refractivity contribution in [2.45, 2.75) is 50.4 Å². The summed E-state index contributed by atoms with van der Waals surface area (Å²) in [6.07, 6.45) is -2.43. The van der Waals surface area contributed by atoms with Crippen molar-refractivity contribution in [3.63, 3.8) is 0 Å². The summed E-state index contributed by atoms with van der Waals surface area (Å²) in [6.45, 7) is 0.201. The molecule has 1 saturated heterocycles. The first-order chi connectivity index (χ1) is 9.78. The van der Waals surface area contributed by atoms with Gasteiger partial charge in [0.2, 0.25) is 5.91 Å². The SMILES string of the molecule is CN1CCC(NC(=O)N(CCC(F)(F)F)C2CCC2)C1=O. The Balaban J connectivity index is 1.93. The van der Waals surface area contributed by atoms with Crippen LogP contribution in [0.3, 0.4) is 0 Å². The predicted molar refractivity (Wildman–Crippen MR) is 69.6 cm³/mol. The molecule has 1 saturated carbocycles. The summed E-state index contributed by atoms with van der Waals surface area (Å²) < 4.78 is 37.1. The van der Waals surface area contributed by atoms with E-state index >= 15 is 0 Å². The maximum atomic E-state index is 12.4. The molecule has 0 aromatic heterocycles. The Bertz CT molecular complexity index is 410. The molecule has 2 rings (SSSR count). The van der Waals surface area contributed by atoms with Gasteiger partial charge in [0.05, 0.1) is 6.42 Å². The molecular formula is C13H20F3N3O2. The number of urea groups is 1. The van der Waals surface area contributed by atoms with Crippen LogP contribution in [0.25, 0.3) is 0 Å². The van der Waals surface area contributed by atoms with Crippen LogP contribution in [0.1, 0.15) is 32.1 Å². The highest BCUT2D eigenvalue weighted by Crippen LogP contribution is 2.27. The van der Waals surface area contributed by atoms with Gasteiger partial charge in [-0.25, -0.2) is 4.79 Å². The van der Waals surface area contributed by atoms with Crippen molar-refractivity contribution >= 4 is 11.9 Å². The minimum atomic E-state index is -4.29. The van der Waals surface area contributed by atoms with E-state index < -0.39 is 24.7 Å². The maximum absolute atomic E-state index is 12.4. The van der Waals surface area contributed by atoms with Crippen molar-refractivity contribution in [2.75, 3.05) is 20.1 Å².